The number of nitrogens with one attached hydrogen (secondary N) is 1. The van der Waals surface area contributed by atoms with Gasteiger partial charge in [-0.3, -0.25) is 19.8 Å². The predicted octanol–water partition coefficient (Wildman–Crippen LogP) is 3.74. The number of amides is 2. The number of carbonyl (C=O) groups excluding carboxylic acids is 2. The fourth-order valence-electron chi connectivity index (χ4n) is 3.70. The van der Waals surface area contributed by atoms with Crippen molar-refractivity contribution < 1.29 is 9.59 Å². The number of aryl methyl sites for hydroxylation is 1. The van der Waals surface area contributed by atoms with Gasteiger partial charge in [-0.2, -0.15) is 0 Å². The van der Waals surface area contributed by atoms with Crippen molar-refractivity contribution in [3.63, 3.8) is 0 Å². The van der Waals surface area contributed by atoms with Crippen LogP contribution in [0, 0.1) is 6.92 Å². The molecule has 5 nitrogen and oxygen atoms in total. The number of nitrogens with zero attached hydrogens (tertiary/aromatic N) is 2. The molecule has 27 heavy (non-hydrogen) atoms. The van der Waals surface area contributed by atoms with Gasteiger partial charge < -0.3 is 4.57 Å². The summed E-state index contributed by atoms with van der Waals surface area (Å²) in [5.74, 6) is -0.858. The molecule has 0 bridgehead atoms. The number of benzene rings is 1. The van der Waals surface area contributed by atoms with Gasteiger partial charge in [0.25, 0.3) is 11.8 Å². The summed E-state index contributed by atoms with van der Waals surface area (Å²) in [5, 5.41) is 2.73. The molecular weight excluding hydrogens is 358 g/mol. The van der Waals surface area contributed by atoms with Crippen LogP contribution < -0.4 is 10.2 Å². The molecule has 4 rings (SSSR count). The molecule has 2 heterocycles. The molecule has 0 radical (unpaired) electrons. The molecule has 1 aliphatic heterocycles. The Morgan fingerprint density at radius 1 is 1.11 bits per heavy atom. The van der Waals surface area contributed by atoms with Gasteiger partial charge in [0.05, 0.1) is 5.69 Å². The van der Waals surface area contributed by atoms with E-state index in [0.717, 1.165) is 11.1 Å². The third-order valence-corrected chi connectivity index (χ3v) is 5.47. The molecule has 0 spiro atoms. The van der Waals surface area contributed by atoms with Crippen LogP contribution in [-0.2, 0) is 9.59 Å². The summed E-state index contributed by atoms with van der Waals surface area (Å²) >= 11 is 5.23. The molecule has 2 amide bonds. The molecule has 1 saturated heterocycles. The third kappa shape index (κ3) is 3.45. The Kier molecular flexibility index (Phi) is 4.66. The second-order valence-electron chi connectivity index (χ2n) is 7.12. The molecule has 2 aliphatic rings. The molecule has 2 aromatic rings. The van der Waals surface area contributed by atoms with Crippen LogP contribution >= 0.6 is 12.2 Å². The lowest BCUT2D eigenvalue weighted by atomic mass is 10.1. The summed E-state index contributed by atoms with van der Waals surface area (Å²) in [6.45, 7) is 1.97. The predicted molar refractivity (Wildman–Crippen MR) is 109 cm³/mol. The fourth-order valence-corrected chi connectivity index (χ4v) is 3.98. The largest absolute Gasteiger partial charge is 0.351 e. The molecule has 2 fully saturated rings. The van der Waals surface area contributed by atoms with Crippen LogP contribution in [0.1, 0.15) is 42.9 Å². The maximum Gasteiger partial charge on any atom is 0.270 e. The maximum atomic E-state index is 13.0. The van der Waals surface area contributed by atoms with Gasteiger partial charge in [-0.25, -0.2) is 0 Å². The summed E-state index contributed by atoms with van der Waals surface area (Å²) in [7, 11) is 0. The first-order chi connectivity index (χ1) is 13.0. The Balaban J connectivity index is 1.64. The summed E-state index contributed by atoms with van der Waals surface area (Å²) < 4.78 is 2.19. The van der Waals surface area contributed by atoms with Gasteiger partial charge in [-0.1, -0.05) is 30.5 Å². The van der Waals surface area contributed by atoms with E-state index >= 15 is 0 Å². The minimum Gasteiger partial charge on any atom is -0.351 e. The number of hydrogen-bond acceptors (Lipinski definition) is 3. The third-order valence-electron chi connectivity index (χ3n) is 5.19. The Morgan fingerprint density at radius 3 is 2.52 bits per heavy atom. The van der Waals surface area contributed by atoms with Crippen LogP contribution in [0.2, 0.25) is 0 Å². The Morgan fingerprint density at radius 2 is 1.81 bits per heavy atom. The number of rotatable bonds is 3. The number of carbonyl (C=O) groups is 2. The van der Waals surface area contributed by atoms with Gasteiger partial charge >= 0.3 is 0 Å². The first-order valence-electron chi connectivity index (χ1n) is 9.18. The highest BCUT2D eigenvalue weighted by molar-refractivity contribution is 7.80. The van der Waals surface area contributed by atoms with Crippen molar-refractivity contribution in [2.45, 2.75) is 38.6 Å². The number of anilines is 1. The SMILES string of the molecule is Cc1ccc(N2C(=O)/C(=C\c3ccn(C4CCCC4)c3)C(=O)NC2=S)cc1. The molecule has 6 heteroatoms. The standard InChI is InChI=1S/C21H21N3O2S/c1-14-6-8-17(9-7-14)24-20(26)18(19(25)22-21(24)27)12-15-10-11-23(13-15)16-4-2-3-5-16/h6-13,16H,2-5H2,1H3,(H,22,25,27)/b18-12-. The topological polar surface area (TPSA) is 54.3 Å². The molecule has 0 atom stereocenters. The zero-order valence-corrected chi connectivity index (χ0v) is 16.0. The van der Waals surface area contributed by atoms with Crippen molar-refractivity contribution in [1.29, 1.82) is 0 Å². The Bertz CT molecular complexity index is 937. The van der Waals surface area contributed by atoms with Gasteiger partial charge in [0.2, 0.25) is 0 Å². The molecule has 1 aromatic heterocycles. The minimum atomic E-state index is -0.457. The van der Waals surface area contributed by atoms with E-state index in [9.17, 15) is 9.59 Å². The smallest absolute Gasteiger partial charge is 0.270 e. The van der Waals surface area contributed by atoms with E-state index in [2.05, 4.69) is 9.88 Å². The van der Waals surface area contributed by atoms with Crippen molar-refractivity contribution in [3.05, 3.63) is 59.4 Å². The average Bonchev–Trinajstić information content (AvgIpc) is 3.31. The zero-order valence-electron chi connectivity index (χ0n) is 15.1. The summed E-state index contributed by atoms with van der Waals surface area (Å²) in [6, 6.07) is 9.93. The molecule has 1 aliphatic carbocycles. The first-order valence-corrected chi connectivity index (χ1v) is 9.59. The van der Waals surface area contributed by atoms with Crippen LogP contribution in [0.4, 0.5) is 5.69 Å². The second-order valence-corrected chi connectivity index (χ2v) is 7.51. The highest BCUT2D eigenvalue weighted by Crippen LogP contribution is 2.30. The van der Waals surface area contributed by atoms with E-state index < -0.39 is 11.8 Å². The normalized spacial score (nSPS) is 19.8. The molecule has 1 aromatic carbocycles. The number of thiocarbonyl (C=S) groups is 1. The monoisotopic (exact) mass is 379 g/mol. The quantitative estimate of drug-likeness (QED) is 0.502. The lowest BCUT2D eigenvalue weighted by Gasteiger charge is -2.28. The van der Waals surface area contributed by atoms with Crippen LogP contribution in [0.5, 0.6) is 0 Å². The van der Waals surface area contributed by atoms with Gasteiger partial charge in [-0.05, 0) is 61.8 Å². The van der Waals surface area contributed by atoms with Crippen molar-refractivity contribution in [3.8, 4) is 0 Å². The van der Waals surface area contributed by atoms with E-state index in [1.807, 2.05) is 49.6 Å². The molecule has 0 unspecified atom stereocenters. The van der Waals surface area contributed by atoms with Crippen LogP contribution in [-0.4, -0.2) is 21.5 Å². The first kappa shape index (κ1) is 17.7. The lowest BCUT2D eigenvalue weighted by Crippen LogP contribution is -2.54. The second kappa shape index (κ2) is 7.12. The van der Waals surface area contributed by atoms with Crippen molar-refractivity contribution in [2.24, 2.45) is 0 Å². The van der Waals surface area contributed by atoms with E-state index in [1.165, 1.54) is 30.6 Å². The minimum absolute atomic E-state index is 0.0911. The van der Waals surface area contributed by atoms with Crippen molar-refractivity contribution >= 4 is 40.9 Å². The van der Waals surface area contributed by atoms with Crippen molar-refractivity contribution in [1.82, 2.24) is 9.88 Å². The molecular formula is C21H21N3O2S. The number of aromatic nitrogens is 1. The van der Waals surface area contributed by atoms with Gasteiger partial charge in [0.15, 0.2) is 5.11 Å². The van der Waals surface area contributed by atoms with Crippen LogP contribution in [0.15, 0.2) is 48.3 Å². The van der Waals surface area contributed by atoms with E-state index in [-0.39, 0.29) is 10.7 Å². The van der Waals surface area contributed by atoms with E-state index in [0.29, 0.717) is 11.7 Å². The zero-order chi connectivity index (χ0) is 19.0. The van der Waals surface area contributed by atoms with E-state index in [4.69, 9.17) is 12.2 Å². The Labute approximate surface area is 163 Å². The summed E-state index contributed by atoms with van der Waals surface area (Å²) in [5.41, 5.74) is 2.66. The van der Waals surface area contributed by atoms with Gasteiger partial charge in [0.1, 0.15) is 5.57 Å². The molecule has 138 valence electrons. The van der Waals surface area contributed by atoms with Crippen molar-refractivity contribution in [2.75, 3.05) is 4.90 Å². The fraction of sp³-hybridized carbons (Fsp3) is 0.286. The lowest BCUT2D eigenvalue weighted by molar-refractivity contribution is -0.122. The molecule has 1 N–H and O–H groups in total. The molecule has 1 saturated carbocycles. The summed E-state index contributed by atoms with van der Waals surface area (Å²) in [6.07, 6.45) is 10.5. The van der Waals surface area contributed by atoms with Crippen LogP contribution in [0.25, 0.3) is 6.08 Å². The summed E-state index contributed by atoms with van der Waals surface area (Å²) in [4.78, 5) is 26.8. The number of hydrogen-bond donors (Lipinski definition) is 1. The van der Waals surface area contributed by atoms with Crippen LogP contribution in [0.3, 0.4) is 0 Å². The Hall–Kier alpha value is -2.73. The highest BCUT2D eigenvalue weighted by Gasteiger charge is 2.34. The van der Waals surface area contributed by atoms with E-state index in [1.54, 1.807) is 6.08 Å². The van der Waals surface area contributed by atoms with Gasteiger partial charge in [0, 0.05) is 18.4 Å². The van der Waals surface area contributed by atoms with Gasteiger partial charge in [-0.15, -0.1) is 0 Å². The maximum absolute atomic E-state index is 13.0. The average molecular weight is 379 g/mol. The highest BCUT2D eigenvalue weighted by atomic mass is 32.1.